The zero-order valence-electron chi connectivity index (χ0n) is 20.1. The number of carboxylic acid groups (broad SMARTS) is 1. The van der Waals surface area contributed by atoms with E-state index in [1.807, 2.05) is 0 Å². The van der Waals surface area contributed by atoms with Gasteiger partial charge in [-0.2, -0.15) is 0 Å². The van der Waals surface area contributed by atoms with Crippen molar-refractivity contribution in [2.45, 2.75) is 117 Å². The zero-order chi connectivity index (χ0) is 23.0. The van der Waals surface area contributed by atoms with Crippen LogP contribution in [0.3, 0.4) is 0 Å². The quantitative estimate of drug-likeness (QED) is 0.130. The summed E-state index contributed by atoms with van der Waals surface area (Å²) in [5, 5.41) is 8.58. The van der Waals surface area contributed by atoms with Gasteiger partial charge in [0.05, 0.1) is 6.61 Å². The normalized spacial score (nSPS) is 10.3. The standard InChI is InChI=1S/2C13H24O2/c1-11(2)9-7-5-4-6-8-10-12(3)13(14)15;1-3-5-6-7-8-9-10-11-12-15-13(14)4-2/h11H,3-10H2,1-2H3,(H,14,15);4H,2-3,5-12H2,1H3. The summed E-state index contributed by atoms with van der Waals surface area (Å²) in [5.74, 6) is -0.357. The highest BCUT2D eigenvalue weighted by Gasteiger charge is 2.02. The van der Waals surface area contributed by atoms with Crippen LogP contribution in [0.4, 0.5) is 0 Å². The predicted octanol–water partition coefficient (Wildman–Crippen LogP) is 7.87. The van der Waals surface area contributed by atoms with Gasteiger partial charge in [-0.3, -0.25) is 0 Å². The van der Waals surface area contributed by atoms with Crippen molar-refractivity contribution in [1.82, 2.24) is 0 Å². The van der Waals surface area contributed by atoms with Gasteiger partial charge in [0.1, 0.15) is 0 Å². The fourth-order valence-electron chi connectivity index (χ4n) is 3.00. The van der Waals surface area contributed by atoms with Crippen LogP contribution in [0.25, 0.3) is 0 Å². The highest BCUT2D eigenvalue weighted by Crippen LogP contribution is 2.13. The van der Waals surface area contributed by atoms with E-state index in [1.165, 1.54) is 70.3 Å². The number of carbonyl (C=O) groups is 2. The van der Waals surface area contributed by atoms with Crippen molar-refractivity contribution in [3.63, 3.8) is 0 Å². The summed E-state index contributed by atoms with van der Waals surface area (Å²) in [6.07, 6.45) is 19.1. The van der Waals surface area contributed by atoms with E-state index in [9.17, 15) is 9.59 Å². The molecule has 0 aliphatic rings. The molecule has 0 spiro atoms. The van der Waals surface area contributed by atoms with E-state index < -0.39 is 5.97 Å². The number of carbonyl (C=O) groups excluding carboxylic acids is 1. The Morgan fingerprint density at radius 2 is 1.37 bits per heavy atom. The van der Waals surface area contributed by atoms with E-state index in [2.05, 4.69) is 33.9 Å². The lowest BCUT2D eigenvalue weighted by molar-refractivity contribution is -0.138. The zero-order valence-corrected chi connectivity index (χ0v) is 20.1. The lowest BCUT2D eigenvalue weighted by Crippen LogP contribution is -2.01. The number of ether oxygens (including phenoxy) is 1. The van der Waals surface area contributed by atoms with Crippen molar-refractivity contribution in [2.75, 3.05) is 6.61 Å². The van der Waals surface area contributed by atoms with Crippen molar-refractivity contribution in [3.05, 3.63) is 24.8 Å². The van der Waals surface area contributed by atoms with Crippen LogP contribution in [0.5, 0.6) is 0 Å². The Morgan fingerprint density at radius 3 is 1.87 bits per heavy atom. The minimum atomic E-state index is -0.852. The molecule has 0 unspecified atom stereocenters. The average Bonchev–Trinajstić information content (AvgIpc) is 2.71. The molecule has 0 heterocycles. The van der Waals surface area contributed by atoms with Gasteiger partial charge in [-0.15, -0.1) is 0 Å². The summed E-state index contributed by atoms with van der Waals surface area (Å²) < 4.78 is 4.88. The molecule has 1 N–H and O–H groups in total. The lowest BCUT2D eigenvalue weighted by Gasteiger charge is -2.04. The van der Waals surface area contributed by atoms with Crippen molar-refractivity contribution in [3.8, 4) is 0 Å². The first-order valence-corrected chi connectivity index (χ1v) is 12.0. The van der Waals surface area contributed by atoms with Crippen LogP contribution in [0.2, 0.25) is 0 Å². The van der Waals surface area contributed by atoms with Crippen molar-refractivity contribution < 1.29 is 19.4 Å². The summed E-state index contributed by atoms with van der Waals surface area (Å²) in [5.41, 5.74) is 0.345. The van der Waals surface area contributed by atoms with Crippen LogP contribution < -0.4 is 0 Å². The summed E-state index contributed by atoms with van der Waals surface area (Å²) in [7, 11) is 0. The highest BCUT2D eigenvalue weighted by atomic mass is 16.5. The molecule has 176 valence electrons. The maximum absolute atomic E-state index is 10.7. The van der Waals surface area contributed by atoms with Crippen molar-refractivity contribution >= 4 is 11.9 Å². The molecule has 0 rings (SSSR count). The first-order valence-electron chi connectivity index (χ1n) is 12.0. The molecule has 0 aromatic carbocycles. The number of hydrogen-bond acceptors (Lipinski definition) is 3. The van der Waals surface area contributed by atoms with Crippen LogP contribution in [0, 0.1) is 5.92 Å². The third-order valence-corrected chi connectivity index (χ3v) is 4.97. The molecule has 4 heteroatoms. The Bertz CT molecular complexity index is 440. The van der Waals surface area contributed by atoms with E-state index in [1.54, 1.807) is 0 Å². The Morgan fingerprint density at radius 1 is 0.867 bits per heavy atom. The van der Waals surface area contributed by atoms with E-state index in [4.69, 9.17) is 9.84 Å². The molecular weight excluding hydrogens is 376 g/mol. The fourth-order valence-corrected chi connectivity index (χ4v) is 3.00. The van der Waals surface area contributed by atoms with Crippen LogP contribution in [0.1, 0.15) is 117 Å². The average molecular weight is 425 g/mol. The molecule has 0 fully saturated rings. The van der Waals surface area contributed by atoms with Crippen LogP contribution in [-0.4, -0.2) is 23.7 Å². The van der Waals surface area contributed by atoms with Gasteiger partial charge in [-0.05, 0) is 25.2 Å². The molecule has 0 saturated carbocycles. The van der Waals surface area contributed by atoms with E-state index in [-0.39, 0.29) is 5.97 Å². The summed E-state index contributed by atoms with van der Waals surface area (Å²) in [6.45, 7) is 14.1. The molecule has 0 saturated heterocycles. The molecule has 0 bridgehead atoms. The Hall–Kier alpha value is -1.58. The van der Waals surface area contributed by atoms with E-state index in [0.717, 1.165) is 31.6 Å². The monoisotopic (exact) mass is 424 g/mol. The molecule has 30 heavy (non-hydrogen) atoms. The number of aliphatic carboxylic acids is 1. The van der Waals surface area contributed by atoms with Gasteiger partial charge >= 0.3 is 11.9 Å². The second-order valence-electron chi connectivity index (χ2n) is 8.46. The molecule has 0 aromatic heterocycles. The Labute approximate surface area is 186 Å². The van der Waals surface area contributed by atoms with Crippen LogP contribution in [-0.2, 0) is 14.3 Å². The van der Waals surface area contributed by atoms with Gasteiger partial charge in [0.25, 0.3) is 0 Å². The third kappa shape index (κ3) is 26.4. The molecule has 0 amide bonds. The number of rotatable bonds is 19. The predicted molar refractivity (Wildman–Crippen MR) is 128 cm³/mol. The van der Waals surface area contributed by atoms with Crippen LogP contribution in [0.15, 0.2) is 24.8 Å². The Balaban J connectivity index is 0. The summed E-state index contributed by atoms with van der Waals surface area (Å²) in [4.78, 5) is 21.1. The van der Waals surface area contributed by atoms with Gasteiger partial charge in [-0.25, -0.2) is 9.59 Å². The van der Waals surface area contributed by atoms with E-state index in [0.29, 0.717) is 18.6 Å². The van der Waals surface area contributed by atoms with Gasteiger partial charge in [0, 0.05) is 11.6 Å². The lowest BCUT2D eigenvalue weighted by atomic mass is 10.0. The molecular formula is C26H48O4. The SMILES string of the molecule is C=C(CCCCCCCC(C)C)C(=O)O.C=CC(=O)OCCCCCCCCCC. The minimum absolute atomic E-state index is 0.307. The Kier molecular flexibility index (Phi) is 24.2. The molecule has 0 aliphatic carbocycles. The molecule has 0 atom stereocenters. The maximum Gasteiger partial charge on any atom is 0.330 e. The van der Waals surface area contributed by atoms with Crippen molar-refractivity contribution in [1.29, 1.82) is 0 Å². The van der Waals surface area contributed by atoms with Gasteiger partial charge in [-0.1, -0.05) is 111 Å². The first kappa shape index (κ1) is 30.6. The maximum atomic E-state index is 10.7. The second kappa shape index (κ2) is 23.7. The highest BCUT2D eigenvalue weighted by molar-refractivity contribution is 5.85. The number of hydrogen-bond donors (Lipinski definition) is 1. The fraction of sp³-hybridized carbons (Fsp3) is 0.769. The molecule has 0 aromatic rings. The minimum Gasteiger partial charge on any atom is -0.478 e. The summed E-state index contributed by atoms with van der Waals surface area (Å²) in [6, 6.07) is 0. The topological polar surface area (TPSA) is 63.6 Å². The number of unbranched alkanes of at least 4 members (excludes halogenated alkanes) is 11. The van der Waals surface area contributed by atoms with Gasteiger partial charge in [0.2, 0.25) is 0 Å². The molecule has 4 nitrogen and oxygen atoms in total. The van der Waals surface area contributed by atoms with Crippen LogP contribution >= 0.6 is 0 Å². The first-order chi connectivity index (χ1) is 14.3. The summed E-state index contributed by atoms with van der Waals surface area (Å²) >= 11 is 0. The number of esters is 1. The number of carboxylic acids is 1. The van der Waals surface area contributed by atoms with Gasteiger partial charge in [0.15, 0.2) is 0 Å². The second-order valence-corrected chi connectivity index (χ2v) is 8.46. The van der Waals surface area contributed by atoms with E-state index >= 15 is 0 Å². The van der Waals surface area contributed by atoms with Gasteiger partial charge < -0.3 is 9.84 Å². The smallest absolute Gasteiger partial charge is 0.330 e. The van der Waals surface area contributed by atoms with Crippen molar-refractivity contribution in [2.24, 2.45) is 5.92 Å². The molecule has 0 aliphatic heterocycles. The molecule has 0 radical (unpaired) electrons. The third-order valence-electron chi connectivity index (χ3n) is 4.97. The largest absolute Gasteiger partial charge is 0.478 e.